The number of amides is 1. The number of hydrogen-bond acceptors (Lipinski definition) is 4. The summed E-state index contributed by atoms with van der Waals surface area (Å²) in [5.74, 6) is 0.943. The summed E-state index contributed by atoms with van der Waals surface area (Å²) in [6.45, 7) is 10.0. The highest BCUT2D eigenvalue weighted by molar-refractivity contribution is 5.88. The highest BCUT2D eigenvalue weighted by atomic mass is 16.6. The molecule has 5 nitrogen and oxygen atoms in total. The number of hydrogen-bond donors (Lipinski definition) is 2. The van der Waals surface area contributed by atoms with Crippen LogP contribution >= 0.6 is 0 Å². The van der Waals surface area contributed by atoms with Gasteiger partial charge in [0.25, 0.3) is 0 Å². The Kier molecular flexibility index (Phi) is 5.66. The van der Waals surface area contributed by atoms with Gasteiger partial charge in [-0.05, 0) is 99.0 Å². The van der Waals surface area contributed by atoms with Crippen LogP contribution in [0.2, 0.25) is 0 Å². The molecule has 2 aromatic rings. The van der Waals surface area contributed by atoms with Gasteiger partial charge in [0.05, 0.1) is 13.2 Å². The van der Waals surface area contributed by atoms with Gasteiger partial charge in [-0.25, -0.2) is 4.79 Å². The lowest BCUT2D eigenvalue weighted by Crippen LogP contribution is -2.27. The van der Waals surface area contributed by atoms with Gasteiger partial charge in [-0.1, -0.05) is 6.07 Å². The second-order valence-corrected chi connectivity index (χ2v) is 8.28. The summed E-state index contributed by atoms with van der Waals surface area (Å²) in [5.41, 5.74) is 5.96. The fourth-order valence-corrected chi connectivity index (χ4v) is 3.64. The predicted octanol–water partition coefficient (Wildman–Crippen LogP) is 5.13. The lowest BCUT2D eigenvalue weighted by Gasteiger charge is -2.23. The molecule has 28 heavy (non-hydrogen) atoms. The van der Waals surface area contributed by atoms with Crippen molar-refractivity contribution in [1.29, 1.82) is 0 Å². The molecule has 0 saturated heterocycles. The number of carbonyl (C=O) groups excluding carboxylic acids is 1. The molecule has 0 spiro atoms. The van der Waals surface area contributed by atoms with Crippen LogP contribution in [0.4, 0.5) is 10.5 Å². The van der Waals surface area contributed by atoms with Gasteiger partial charge in [0.2, 0.25) is 0 Å². The van der Waals surface area contributed by atoms with Crippen molar-refractivity contribution in [3.63, 3.8) is 0 Å². The van der Waals surface area contributed by atoms with Crippen molar-refractivity contribution in [3.8, 4) is 16.9 Å². The number of benzene rings is 2. The molecular weight excluding hydrogens is 354 g/mol. The summed E-state index contributed by atoms with van der Waals surface area (Å²) in [4.78, 5) is 12.2. The lowest BCUT2D eigenvalue weighted by molar-refractivity contribution is 0.0635. The van der Waals surface area contributed by atoms with E-state index >= 15 is 0 Å². The zero-order valence-electron chi connectivity index (χ0n) is 17.3. The fraction of sp³-hybridized carbons (Fsp3) is 0.435. The average Bonchev–Trinajstić information content (AvgIpc) is 2.62. The van der Waals surface area contributed by atoms with Crippen molar-refractivity contribution >= 4 is 11.8 Å². The summed E-state index contributed by atoms with van der Waals surface area (Å²) >= 11 is 0. The SMILES string of the molecule is Cc1cc(NC(=O)OC(C)(C)C)c(C)c(CO)c1-c1ccc2c(c1)CCCO2. The van der Waals surface area contributed by atoms with E-state index in [-0.39, 0.29) is 6.61 Å². The summed E-state index contributed by atoms with van der Waals surface area (Å²) in [6.07, 6.45) is 1.51. The molecule has 5 heteroatoms. The maximum atomic E-state index is 12.2. The number of aliphatic hydroxyl groups excluding tert-OH is 1. The first-order valence-electron chi connectivity index (χ1n) is 9.69. The van der Waals surface area contributed by atoms with Gasteiger partial charge in [-0.3, -0.25) is 5.32 Å². The number of rotatable bonds is 3. The van der Waals surface area contributed by atoms with E-state index in [9.17, 15) is 9.90 Å². The second kappa shape index (κ2) is 7.84. The maximum absolute atomic E-state index is 12.2. The molecule has 1 aliphatic rings. The minimum atomic E-state index is -0.571. The fourth-order valence-electron chi connectivity index (χ4n) is 3.64. The van der Waals surface area contributed by atoms with Crippen molar-refractivity contribution in [2.75, 3.05) is 11.9 Å². The van der Waals surface area contributed by atoms with Crippen molar-refractivity contribution in [1.82, 2.24) is 0 Å². The Morgan fingerprint density at radius 1 is 1.25 bits per heavy atom. The van der Waals surface area contributed by atoms with E-state index in [2.05, 4.69) is 11.4 Å². The van der Waals surface area contributed by atoms with Gasteiger partial charge < -0.3 is 14.6 Å². The van der Waals surface area contributed by atoms with Crippen LogP contribution < -0.4 is 10.1 Å². The lowest BCUT2D eigenvalue weighted by atomic mass is 9.89. The number of nitrogens with one attached hydrogen (secondary N) is 1. The Hall–Kier alpha value is -2.53. The number of fused-ring (bicyclic) bond motifs is 1. The number of aryl methyl sites for hydroxylation is 2. The summed E-state index contributed by atoms with van der Waals surface area (Å²) in [5, 5.41) is 12.9. The molecule has 2 N–H and O–H groups in total. The van der Waals surface area contributed by atoms with E-state index in [4.69, 9.17) is 9.47 Å². The van der Waals surface area contributed by atoms with E-state index in [0.29, 0.717) is 5.69 Å². The Labute approximate surface area is 166 Å². The molecule has 0 fully saturated rings. The normalized spacial score (nSPS) is 13.5. The van der Waals surface area contributed by atoms with Crippen molar-refractivity contribution in [2.24, 2.45) is 0 Å². The molecule has 0 saturated carbocycles. The molecule has 0 unspecified atom stereocenters. The van der Waals surface area contributed by atoms with Gasteiger partial charge in [-0.2, -0.15) is 0 Å². The molecule has 1 aliphatic heterocycles. The molecular formula is C23H29NO4. The molecule has 0 aromatic heterocycles. The van der Waals surface area contributed by atoms with Crippen LogP contribution in [0.5, 0.6) is 5.75 Å². The molecule has 0 atom stereocenters. The first kappa shape index (κ1) is 20.2. The molecule has 1 heterocycles. The van der Waals surface area contributed by atoms with Crippen LogP contribution in [0.25, 0.3) is 11.1 Å². The third-order valence-corrected chi connectivity index (χ3v) is 4.90. The predicted molar refractivity (Wildman–Crippen MR) is 111 cm³/mol. The monoisotopic (exact) mass is 383 g/mol. The molecule has 150 valence electrons. The quantitative estimate of drug-likeness (QED) is 0.770. The smallest absolute Gasteiger partial charge is 0.412 e. The standard InChI is InChI=1S/C23H29NO4/c1-14-11-19(24-22(26)28-23(3,4)5)15(2)18(13-25)21(14)17-8-9-20-16(12-17)7-6-10-27-20/h8-9,11-12,25H,6-7,10,13H2,1-5H3,(H,24,26). The van der Waals surface area contributed by atoms with Crippen LogP contribution in [0.3, 0.4) is 0 Å². The van der Waals surface area contributed by atoms with E-state index in [1.807, 2.05) is 52.8 Å². The zero-order valence-corrected chi connectivity index (χ0v) is 17.3. The van der Waals surface area contributed by atoms with Crippen LogP contribution in [-0.4, -0.2) is 23.4 Å². The largest absolute Gasteiger partial charge is 0.493 e. The van der Waals surface area contributed by atoms with Crippen LogP contribution in [0.15, 0.2) is 24.3 Å². The van der Waals surface area contributed by atoms with Gasteiger partial charge in [0.1, 0.15) is 11.4 Å². The zero-order chi connectivity index (χ0) is 20.5. The number of ether oxygens (including phenoxy) is 2. The Morgan fingerprint density at radius 3 is 2.68 bits per heavy atom. The highest BCUT2D eigenvalue weighted by Gasteiger charge is 2.20. The Morgan fingerprint density at radius 2 is 2.00 bits per heavy atom. The molecule has 2 aromatic carbocycles. The second-order valence-electron chi connectivity index (χ2n) is 8.28. The van der Waals surface area contributed by atoms with E-state index in [1.54, 1.807) is 0 Å². The highest BCUT2D eigenvalue weighted by Crippen LogP contribution is 2.37. The minimum absolute atomic E-state index is 0.112. The van der Waals surface area contributed by atoms with Crippen LogP contribution in [0, 0.1) is 13.8 Å². The molecule has 1 amide bonds. The molecule has 0 aliphatic carbocycles. The third-order valence-electron chi connectivity index (χ3n) is 4.90. The number of anilines is 1. The first-order chi connectivity index (χ1) is 13.2. The van der Waals surface area contributed by atoms with Crippen LogP contribution in [-0.2, 0) is 17.8 Å². The summed E-state index contributed by atoms with van der Waals surface area (Å²) in [6, 6.07) is 8.12. The van der Waals surface area contributed by atoms with Crippen molar-refractivity contribution in [3.05, 3.63) is 46.5 Å². The third kappa shape index (κ3) is 4.30. The number of aliphatic hydroxyl groups is 1. The number of carbonyl (C=O) groups is 1. The minimum Gasteiger partial charge on any atom is -0.493 e. The van der Waals surface area contributed by atoms with E-state index in [0.717, 1.165) is 53.0 Å². The van der Waals surface area contributed by atoms with Gasteiger partial charge in [-0.15, -0.1) is 0 Å². The van der Waals surface area contributed by atoms with Crippen molar-refractivity contribution < 1.29 is 19.4 Å². The Bertz CT molecular complexity index is 896. The Balaban J connectivity index is 2.00. The van der Waals surface area contributed by atoms with Crippen LogP contribution in [0.1, 0.15) is 49.4 Å². The summed E-state index contributed by atoms with van der Waals surface area (Å²) in [7, 11) is 0. The van der Waals surface area contributed by atoms with Gasteiger partial charge >= 0.3 is 6.09 Å². The topological polar surface area (TPSA) is 67.8 Å². The average molecular weight is 383 g/mol. The molecule has 3 rings (SSSR count). The molecule has 0 radical (unpaired) electrons. The van der Waals surface area contributed by atoms with E-state index in [1.165, 1.54) is 5.56 Å². The van der Waals surface area contributed by atoms with E-state index < -0.39 is 11.7 Å². The first-order valence-corrected chi connectivity index (χ1v) is 9.69. The van der Waals surface area contributed by atoms with Crippen molar-refractivity contribution in [2.45, 2.75) is 59.7 Å². The summed E-state index contributed by atoms with van der Waals surface area (Å²) < 4.78 is 11.1. The van der Waals surface area contributed by atoms with Gasteiger partial charge in [0.15, 0.2) is 0 Å². The molecule has 0 bridgehead atoms. The maximum Gasteiger partial charge on any atom is 0.412 e. The van der Waals surface area contributed by atoms with Gasteiger partial charge in [0, 0.05) is 5.69 Å².